The molecule has 6 heteroatoms. The molecule has 0 bridgehead atoms. The lowest BCUT2D eigenvalue weighted by atomic mass is 10.1. The van der Waals surface area contributed by atoms with Gasteiger partial charge in [-0.2, -0.15) is 0 Å². The van der Waals surface area contributed by atoms with Gasteiger partial charge in [0.25, 0.3) is 5.91 Å². The summed E-state index contributed by atoms with van der Waals surface area (Å²) in [6.45, 7) is 5.22. The number of benzene rings is 2. The molecule has 6 nitrogen and oxygen atoms in total. The summed E-state index contributed by atoms with van der Waals surface area (Å²) in [4.78, 5) is 20.7. The number of carbonyl (C=O) groups excluding carboxylic acids is 1. The van der Waals surface area contributed by atoms with Gasteiger partial charge in [0.15, 0.2) is 0 Å². The van der Waals surface area contributed by atoms with E-state index in [9.17, 15) is 4.79 Å². The number of ether oxygens (including phenoxy) is 1. The molecule has 0 unspecified atom stereocenters. The van der Waals surface area contributed by atoms with Crippen molar-refractivity contribution < 1.29 is 9.53 Å². The third-order valence-electron chi connectivity index (χ3n) is 4.04. The van der Waals surface area contributed by atoms with Gasteiger partial charge < -0.3 is 15.4 Å². The van der Waals surface area contributed by atoms with Crippen molar-refractivity contribution in [3.8, 4) is 5.75 Å². The van der Waals surface area contributed by atoms with Crippen LogP contribution in [0, 0.1) is 6.92 Å². The van der Waals surface area contributed by atoms with Crippen LogP contribution >= 0.6 is 0 Å². The highest BCUT2D eigenvalue weighted by Crippen LogP contribution is 2.17. The summed E-state index contributed by atoms with van der Waals surface area (Å²) in [6, 6.07) is 17.0. The number of aryl methyl sites for hydroxylation is 1. The zero-order valence-corrected chi connectivity index (χ0v) is 15.4. The van der Waals surface area contributed by atoms with E-state index in [1.807, 2.05) is 31.2 Å². The molecule has 27 heavy (non-hydrogen) atoms. The predicted molar refractivity (Wildman–Crippen MR) is 106 cm³/mol. The van der Waals surface area contributed by atoms with Gasteiger partial charge in [0.05, 0.1) is 6.61 Å². The van der Waals surface area contributed by atoms with Crippen LogP contribution in [0.2, 0.25) is 0 Å². The fraction of sp³-hybridized carbons (Fsp3) is 0.190. The first-order chi connectivity index (χ1) is 13.2. The Hall–Kier alpha value is -3.41. The fourth-order valence-electron chi connectivity index (χ4n) is 2.57. The Morgan fingerprint density at radius 1 is 1.07 bits per heavy atom. The van der Waals surface area contributed by atoms with Crippen molar-refractivity contribution in [1.29, 1.82) is 0 Å². The largest absolute Gasteiger partial charge is 0.494 e. The van der Waals surface area contributed by atoms with Crippen LogP contribution in [0.5, 0.6) is 5.75 Å². The highest BCUT2D eigenvalue weighted by molar-refractivity contribution is 6.03. The molecule has 3 rings (SSSR count). The minimum atomic E-state index is -0.291. The summed E-state index contributed by atoms with van der Waals surface area (Å²) in [5.74, 6) is 1.07. The zero-order valence-electron chi connectivity index (χ0n) is 15.4. The minimum absolute atomic E-state index is 0.291. The van der Waals surface area contributed by atoms with Crippen molar-refractivity contribution >= 4 is 17.4 Å². The first-order valence-electron chi connectivity index (χ1n) is 8.80. The fourth-order valence-corrected chi connectivity index (χ4v) is 2.57. The van der Waals surface area contributed by atoms with E-state index in [0.717, 1.165) is 5.75 Å². The van der Waals surface area contributed by atoms with E-state index in [0.29, 0.717) is 30.4 Å². The molecule has 0 saturated heterocycles. The van der Waals surface area contributed by atoms with Gasteiger partial charge in [-0.1, -0.05) is 24.3 Å². The number of amides is 1. The van der Waals surface area contributed by atoms with Crippen LogP contribution in [0.15, 0.2) is 60.9 Å². The Morgan fingerprint density at radius 2 is 1.85 bits per heavy atom. The average Bonchev–Trinajstić information content (AvgIpc) is 2.69. The van der Waals surface area contributed by atoms with Crippen LogP contribution in [0.3, 0.4) is 0 Å². The monoisotopic (exact) mass is 362 g/mol. The first-order valence-corrected chi connectivity index (χ1v) is 8.80. The van der Waals surface area contributed by atoms with E-state index in [2.05, 4.69) is 39.7 Å². The lowest BCUT2D eigenvalue weighted by molar-refractivity contribution is 0.102. The van der Waals surface area contributed by atoms with Crippen molar-refractivity contribution in [2.75, 3.05) is 17.2 Å². The second-order valence-electron chi connectivity index (χ2n) is 5.98. The molecule has 0 atom stereocenters. The molecule has 0 saturated carbocycles. The van der Waals surface area contributed by atoms with E-state index in [1.54, 1.807) is 18.2 Å². The van der Waals surface area contributed by atoms with Gasteiger partial charge in [0, 0.05) is 18.3 Å². The van der Waals surface area contributed by atoms with Crippen LogP contribution in [0.25, 0.3) is 0 Å². The predicted octanol–water partition coefficient (Wildman–Crippen LogP) is 4.05. The van der Waals surface area contributed by atoms with Crippen molar-refractivity contribution in [3.05, 3.63) is 77.7 Å². The molecule has 3 aromatic rings. The Labute approximate surface area is 158 Å². The molecule has 0 aliphatic heterocycles. The maximum atomic E-state index is 12.4. The summed E-state index contributed by atoms with van der Waals surface area (Å²) in [5, 5.41) is 6.06. The van der Waals surface area contributed by atoms with Crippen molar-refractivity contribution in [1.82, 2.24) is 9.97 Å². The van der Waals surface area contributed by atoms with Gasteiger partial charge in [0.2, 0.25) is 0 Å². The number of rotatable bonds is 7. The molecule has 1 amide bonds. The molecular weight excluding hydrogens is 340 g/mol. The molecule has 0 aliphatic carbocycles. The van der Waals surface area contributed by atoms with Gasteiger partial charge in [0.1, 0.15) is 23.6 Å². The van der Waals surface area contributed by atoms with E-state index in [-0.39, 0.29) is 5.91 Å². The van der Waals surface area contributed by atoms with Gasteiger partial charge in [-0.25, -0.2) is 9.97 Å². The van der Waals surface area contributed by atoms with E-state index >= 15 is 0 Å². The SMILES string of the molecule is CCOc1ccc(NC(=O)c2cc(NCc3ccccc3C)ncn2)cc1. The summed E-state index contributed by atoms with van der Waals surface area (Å²) < 4.78 is 5.40. The Kier molecular flexibility index (Phi) is 5.99. The number of hydrogen-bond acceptors (Lipinski definition) is 5. The second kappa shape index (κ2) is 8.80. The number of anilines is 2. The van der Waals surface area contributed by atoms with Gasteiger partial charge in [-0.15, -0.1) is 0 Å². The number of nitrogens with zero attached hydrogens (tertiary/aromatic N) is 2. The summed E-state index contributed by atoms with van der Waals surface area (Å²) in [6.07, 6.45) is 1.38. The lowest BCUT2D eigenvalue weighted by Crippen LogP contribution is -2.14. The average molecular weight is 362 g/mol. The Bertz CT molecular complexity index is 910. The number of aromatic nitrogens is 2. The third-order valence-corrected chi connectivity index (χ3v) is 4.04. The second-order valence-corrected chi connectivity index (χ2v) is 5.98. The van der Waals surface area contributed by atoms with Gasteiger partial charge in [-0.05, 0) is 49.2 Å². The maximum Gasteiger partial charge on any atom is 0.274 e. The molecule has 0 aliphatic rings. The molecular formula is C21H22N4O2. The molecule has 138 valence electrons. The topological polar surface area (TPSA) is 76.1 Å². The number of hydrogen-bond donors (Lipinski definition) is 2. The highest BCUT2D eigenvalue weighted by atomic mass is 16.5. The summed E-state index contributed by atoms with van der Waals surface area (Å²) in [5.41, 5.74) is 3.35. The Balaban J connectivity index is 1.63. The van der Waals surface area contributed by atoms with Crippen LogP contribution in [0.1, 0.15) is 28.5 Å². The van der Waals surface area contributed by atoms with Crippen molar-refractivity contribution in [3.63, 3.8) is 0 Å². The smallest absolute Gasteiger partial charge is 0.274 e. The van der Waals surface area contributed by atoms with Crippen LogP contribution in [-0.4, -0.2) is 22.5 Å². The molecule has 0 radical (unpaired) electrons. The van der Waals surface area contributed by atoms with Gasteiger partial charge in [-0.3, -0.25) is 4.79 Å². The van der Waals surface area contributed by atoms with E-state index < -0.39 is 0 Å². The standard InChI is InChI=1S/C21H22N4O2/c1-3-27-18-10-8-17(9-11-18)25-21(26)19-12-20(24-14-23-19)22-13-16-7-5-4-6-15(16)2/h4-12,14H,3,13H2,1-2H3,(H,25,26)(H,22,23,24). The quantitative estimate of drug-likeness (QED) is 0.663. The summed E-state index contributed by atoms with van der Waals surface area (Å²) in [7, 11) is 0. The minimum Gasteiger partial charge on any atom is -0.494 e. The lowest BCUT2D eigenvalue weighted by Gasteiger charge is -2.10. The summed E-state index contributed by atoms with van der Waals surface area (Å²) >= 11 is 0. The van der Waals surface area contributed by atoms with Crippen molar-refractivity contribution in [2.24, 2.45) is 0 Å². The highest BCUT2D eigenvalue weighted by Gasteiger charge is 2.09. The molecule has 1 aromatic heterocycles. The third kappa shape index (κ3) is 5.04. The molecule has 0 fully saturated rings. The number of nitrogens with one attached hydrogen (secondary N) is 2. The van der Waals surface area contributed by atoms with Crippen LogP contribution in [0.4, 0.5) is 11.5 Å². The normalized spacial score (nSPS) is 10.3. The molecule has 2 aromatic carbocycles. The van der Waals surface area contributed by atoms with Crippen molar-refractivity contribution in [2.45, 2.75) is 20.4 Å². The zero-order chi connectivity index (χ0) is 19.1. The molecule has 0 spiro atoms. The maximum absolute atomic E-state index is 12.4. The number of carbonyl (C=O) groups is 1. The van der Waals surface area contributed by atoms with E-state index in [4.69, 9.17) is 4.74 Å². The molecule has 2 N–H and O–H groups in total. The first kappa shape index (κ1) is 18.4. The molecule has 1 heterocycles. The van der Waals surface area contributed by atoms with Gasteiger partial charge >= 0.3 is 0 Å². The Morgan fingerprint density at radius 3 is 2.59 bits per heavy atom. The van der Waals surface area contributed by atoms with E-state index in [1.165, 1.54) is 17.5 Å². The van der Waals surface area contributed by atoms with Crippen LogP contribution in [-0.2, 0) is 6.54 Å². The van der Waals surface area contributed by atoms with Crippen LogP contribution < -0.4 is 15.4 Å².